The number of benzene rings is 1. The van der Waals surface area contributed by atoms with Crippen LogP contribution in [0.4, 0.5) is 19.1 Å². The van der Waals surface area contributed by atoms with Crippen molar-refractivity contribution in [3.8, 4) is 11.3 Å². The zero-order valence-electron chi connectivity index (χ0n) is 20.0. The lowest BCUT2D eigenvalue weighted by molar-refractivity contribution is -0.137. The van der Waals surface area contributed by atoms with Crippen LogP contribution in [0, 0.1) is 0 Å². The molecule has 1 aliphatic carbocycles. The minimum atomic E-state index is -4.63. The number of fused-ring (bicyclic) bond motifs is 1. The maximum Gasteiger partial charge on any atom is 0.419 e. The molecular weight excluding hydrogens is 541 g/mol. The van der Waals surface area contributed by atoms with Gasteiger partial charge in [0.15, 0.2) is 0 Å². The van der Waals surface area contributed by atoms with Crippen molar-refractivity contribution in [2.45, 2.75) is 70.0 Å². The SMILES string of the molecule is C[Si](C)(C)CCOCn1cc(-c2nc(N[C@H]3CCC[C@H]3O)ncc2C(F)(F)F)c2ccc(Br)cc21. The summed E-state index contributed by atoms with van der Waals surface area (Å²) < 4.78 is 50.5. The lowest BCUT2D eigenvalue weighted by Crippen LogP contribution is -2.29. The predicted molar refractivity (Wildman–Crippen MR) is 137 cm³/mol. The molecule has 190 valence electrons. The van der Waals surface area contributed by atoms with Crippen molar-refractivity contribution in [1.82, 2.24) is 14.5 Å². The second-order valence-electron chi connectivity index (χ2n) is 10.2. The molecule has 2 aromatic heterocycles. The Morgan fingerprint density at radius 1 is 1.26 bits per heavy atom. The van der Waals surface area contributed by atoms with Gasteiger partial charge >= 0.3 is 6.18 Å². The molecule has 0 bridgehead atoms. The van der Waals surface area contributed by atoms with Crippen LogP contribution in [0.3, 0.4) is 0 Å². The van der Waals surface area contributed by atoms with Crippen LogP contribution in [0.15, 0.2) is 35.1 Å². The number of aromatic nitrogens is 3. The molecule has 1 aliphatic rings. The summed E-state index contributed by atoms with van der Waals surface area (Å²) in [6.07, 6.45) is -0.522. The lowest BCUT2D eigenvalue weighted by atomic mass is 10.1. The third-order valence-corrected chi connectivity index (χ3v) is 8.41. The Bertz CT molecular complexity index is 1200. The summed E-state index contributed by atoms with van der Waals surface area (Å²) in [5.74, 6) is 0.0725. The van der Waals surface area contributed by atoms with Gasteiger partial charge in [0.05, 0.1) is 23.4 Å². The Morgan fingerprint density at radius 3 is 2.69 bits per heavy atom. The molecule has 0 saturated heterocycles. The molecule has 1 aromatic carbocycles. The van der Waals surface area contributed by atoms with E-state index in [9.17, 15) is 18.3 Å². The number of hydrogen-bond acceptors (Lipinski definition) is 5. The number of hydrogen-bond donors (Lipinski definition) is 2. The first-order valence-electron chi connectivity index (χ1n) is 11.7. The van der Waals surface area contributed by atoms with Crippen molar-refractivity contribution in [1.29, 1.82) is 0 Å². The topological polar surface area (TPSA) is 72.2 Å². The number of nitrogens with one attached hydrogen (secondary N) is 1. The maximum atomic E-state index is 14.0. The lowest BCUT2D eigenvalue weighted by Gasteiger charge is -2.18. The van der Waals surface area contributed by atoms with Crippen LogP contribution in [0.1, 0.15) is 24.8 Å². The number of nitrogens with zero attached hydrogens (tertiary/aromatic N) is 3. The Kier molecular flexibility index (Phi) is 7.61. The van der Waals surface area contributed by atoms with Crippen LogP contribution in [0.5, 0.6) is 0 Å². The number of alkyl halides is 3. The smallest absolute Gasteiger partial charge is 0.391 e. The second-order valence-corrected chi connectivity index (χ2v) is 16.8. The van der Waals surface area contributed by atoms with E-state index in [2.05, 4.69) is 50.9 Å². The van der Waals surface area contributed by atoms with E-state index >= 15 is 0 Å². The first kappa shape index (κ1) is 26.1. The number of ether oxygens (including phenoxy) is 1. The highest BCUT2D eigenvalue weighted by Gasteiger charge is 2.37. The molecule has 0 spiro atoms. The van der Waals surface area contributed by atoms with Crippen LogP contribution in [0.25, 0.3) is 22.2 Å². The van der Waals surface area contributed by atoms with E-state index in [4.69, 9.17) is 4.74 Å². The zero-order chi connectivity index (χ0) is 25.4. The van der Waals surface area contributed by atoms with Crippen molar-refractivity contribution in [3.63, 3.8) is 0 Å². The minimum Gasteiger partial charge on any atom is -0.391 e. The van der Waals surface area contributed by atoms with E-state index in [1.807, 2.05) is 10.6 Å². The summed E-state index contributed by atoms with van der Waals surface area (Å²) in [5, 5.41) is 13.8. The molecule has 1 fully saturated rings. The van der Waals surface area contributed by atoms with Crippen molar-refractivity contribution < 1.29 is 23.0 Å². The fourth-order valence-electron chi connectivity index (χ4n) is 4.24. The van der Waals surface area contributed by atoms with Gasteiger partial charge in [0.25, 0.3) is 0 Å². The van der Waals surface area contributed by atoms with Gasteiger partial charge < -0.3 is 19.7 Å². The average molecular weight is 572 g/mol. The molecule has 0 aliphatic heterocycles. The first-order valence-corrected chi connectivity index (χ1v) is 16.2. The van der Waals surface area contributed by atoms with E-state index < -0.39 is 25.9 Å². The van der Waals surface area contributed by atoms with Gasteiger partial charge in [-0.25, -0.2) is 9.97 Å². The molecule has 11 heteroatoms. The third kappa shape index (κ3) is 6.25. The third-order valence-electron chi connectivity index (χ3n) is 6.21. The normalized spacial score (nSPS) is 19.0. The number of aliphatic hydroxyl groups excluding tert-OH is 1. The van der Waals surface area contributed by atoms with Crippen LogP contribution in [-0.4, -0.2) is 46.5 Å². The molecule has 3 aromatic rings. The minimum absolute atomic E-state index is 0.0725. The van der Waals surface area contributed by atoms with Crippen LogP contribution >= 0.6 is 15.9 Å². The van der Waals surface area contributed by atoms with Gasteiger partial charge in [-0.15, -0.1) is 0 Å². The highest BCUT2D eigenvalue weighted by atomic mass is 79.9. The molecule has 35 heavy (non-hydrogen) atoms. The standard InChI is InChI=1S/C24H30BrF3N4O2Si/c1-35(2,3)10-9-34-14-32-13-17(16-8-7-15(25)11-20(16)32)22-18(24(26,27)28)12-29-23(31-22)30-19-5-4-6-21(19)33/h7-8,11-13,19,21,33H,4-6,9-10,14H2,1-3H3,(H,29,30,31)/t19-,21+/m0/s1. The van der Waals surface area contributed by atoms with E-state index in [0.717, 1.165) is 28.7 Å². The van der Waals surface area contributed by atoms with Gasteiger partial charge in [0, 0.05) is 42.5 Å². The predicted octanol–water partition coefficient (Wildman–Crippen LogP) is 6.52. The molecule has 2 heterocycles. The zero-order valence-corrected chi connectivity index (χ0v) is 22.6. The summed E-state index contributed by atoms with van der Waals surface area (Å²) in [4.78, 5) is 8.23. The fourth-order valence-corrected chi connectivity index (χ4v) is 5.35. The summed E-state index contributed by atoms with van der Waals surface area (Å²) >= 11 is 3.46. The van der Waals surface area contributed by atoms with Crippen LogP contribution in [0.2, 0.25) is 25.7 Å². The largest absolute Gasteiger partial charge is 0.419 e. The summed E-state index contributed by atoms with van der Waals surface area (Å²) in [6, 6.07) is 6.16. The quantitative estimate of drug-likeness (QED) is 0.238. The number of aliphatic hydroxyl groups is 1. The Labute approximate surface area is 212 Å². The molecule has 2 N–H and O–H groups in total. The van der Waals surface area contributed by atoms with Gasteiger partial charge in [-0.2, -0.15) is 13.2 Å². The highest BCUT2D eigenvalue weighted by Crippen LogP contribution is 2.40. The van der Waals surface area contributed by atoms with Gasteiger partial charge in [0.1, 0.15) is 12.3 Å². The van der Waals surface area contributed by atoms with Gasteiger partial charge in [-0.3, -0.25) is 0 Å². The Morgan fingerprint density at radius 2 is 2.03 bits per heavy atom. The number of anilines is 1. The molecule has 4 rings (SSSR count). The number of rotatable bonds is 8. The van der Waals surface area contributed by atoms with Crippen molar-refractivity contribution >= 4 is 40.9 Å². The first-order chi connectivity index (χ1) is 16.4. The van der Waals surface area contributed by atoms with Gasteiger partial charge in [0.2, 0.25) is 5.95 Å². The molecule has 0 amide bonds. The molecule has 0 unspecified atom stereocenters. The molecule has 1 saturated carbocycles. The van der Waals surface area contributed by atoms with Gasteiger partial charge in [-0.05, 0) is 37.4 Å². The summed E-state index contributed by atoms with van der Waals surface area (Å²) in [7, 11) is -1.27. The van der Waals surface area contributed by atoms with Gasteiger partial charge in [-0.1, -0.05) is 41.6 Å². The fraction of sp³-hybridized carbons (Fsp3) is 0.500. The van der Waals surface area contributed by atoms with E-state index in [1.54, 1.807) is 18.3 Å². The molecule has 2 atom stereocenters. The Balaban J connectivity index is 1.74. The monoisotopic (exact) mass is 570 g/mol. The maximum absolute atomic E-state index is 14.0. The van der Waals surface area contributed by atoms with E-state index in [0.29, 0.717) is 30.4 Å². The highest BCUT2D eigenvalue weighted by molar-refractivity contribution is 9.10. The van der Waals surface area contributed by atoms with E-state index in [-0.39, 0.29) is 24.4 Å². The number of halogens is 4. The molecule has 0 radical (unpaired) electrons. The summed E-state index contributed by atoms with van der Waals surface area (Å²) in [5.41, 5.74) is -0.00632. The van der Waals surface area contributed by atoms with Crippen LogP contribution < -0.4 is 5.32 Å². The van der Waals surface area contributed by atoms with Crippen molar-refractivity contribution in [3.05, 3.63) is 40.6 Å². The average Bonchev–Trinajstić information content (AvgIpc) is 3.32. The molecule has 6 nitrogen and oxygen atoms in total. The second kappa shape index (κ2) is 10.2. The Hall–Kier alpha value is -1.95. The van der Waals surface area contributed by atoms with Crippen molar-refractivity contribution in [2.75, 3.05) is 11.9 Å². The van der Waals surface area contributed by atoms with E-state index in [1.165, 1.54) is 0 Å². The molecular formula is C24H30BrF3N4O2Si. The van der Waals surface area contributed by atoms with Crippen molar-refractivity contribution in [2.24, 2.45) is 0 Å². The summed E-state index contributed by atoms with van der Waals surface area (Å²) in [6.45, 7) is 7.61. The van der Waals surface area contributed by atoms with Crippen LogP contribution in [-0.2, 0) is 17.6 Å².